The Morgan fingerprint density at radius 1 is 0.590 bits per heavy atom. The van der Waals surface area contributed by atoms with E-state index < -0.39 is 0 Å². The van der Waals surface area contributed by atoms with Crippen molar-refractivity contribution in [1.29, 1.82) is 0 Å². The van der Waals surface area contributed by atoms with Crippen molar-refractivity contribution in [2.45, 2.75) is 26.2 Å². The molecule has 2 heteroatoms. The lowest BCUT2D eigenvalue weighted by Gasteiger charge is -2.22. The number of benzene rings is 5. The number of hydrogen-bond acceptors (Lipinski definition) is 2. The number of furan rings is 1. The number of nitrogens with zero attached hydrogens (tertiary/aromatic N) is 1. The van der Waals surface area contributed by atoms with Crippen LogP contribution in [0.5, 0.6) is 0 Å². The first-order valence-electron chi connectivity index (χ1n) is 13.5. The molecular weight excluding hydrogens is 474 g/mol. The molecule has 2 nitrogen and oxygen atoms in total. The van der Waals surface area contributed by atoms with Crippen LogP contribution in [-0.2, 0) is 5.41 Å². The average Bonchev–Trinajstić information content (AvgIpc) is 3.53. The van der Waals surface area contributed by atoms with E-state index in [1.165, 1.54) is 49.4 Å². The second-order valence-electron chi connectivity index (χ2n) is 11.7. The average molecular weight is 502 g/mol. The summed E-state index contributed by atoms with van der Waals surface area (Å²) in [7, 11) is 0. The number of aromatic nitrogens is 1. The molecule has 0 saturated carbocycles. The summed E-state index contributed by atoms with van der Waals surface area (Å²) in [6.45, 7) is 6.80. The van der Waals surface area contributed by atoms with Crippen LogP contribution < -0.4 is 0 Å². The van der Waals surface area contributed by atoms with Gasteiger partial charge in [0.1, 0.15) is 11.5 Å². The number of rotatable bonds is 2. The van der Waals surface area contributed by atoms with Crippen LogP contribution in [0.15, 0.2) is 114 Å². The Bertz CT molecular complexity index is 2100. The molecule has 186 valence electrons. The number of fused-ring (bicyclic) bond motifs is 5. The summed E-state index contributed by atoms with van der Waals surface area (Å²) < 4.78 is 6.62. The molecule has 0 spiro atoms. The third kappa shape index (κ3) is 3.31. The molecule has 1 aliphatic carbocycles. The molecule has 0 saturated heterocycles. The first-order chi connectivity index (χ1) is 19.0. The SMILES string of the molecule is CC(C)(C)c1cc(-c2nccc3cc(-c4ccc5c(c4)-c4cccc6cccc-5c46)oc23)cc2ccccc12. The van der Waals surface area contributed by atoms with Crippen LogP contribution in [0.2, 0.25) is 0 Å². The maximum absolute atomic E-state index is 6.62. The van der Waals surface area contributed by atoms with Gasteiger partial charge in [-0.1, -0.05) is 93.6 Å². The van der Waals surface area contributed by atoms with Crippen LogP contribution in [0, 0.1) is 0 Å². The van der Waals surface area contributed by atoms with Gasteiger partial charge < -0.3 is 4.42 Å². The quantitative estimate of drug-likeness (QED) is 0.235. The minimum absolute atomic E-state index is 0.00266. The van der Waals surface area contributed by atoms with Gasteiger partial charge in [-0.3, -0.25) is 4.98 Å². The zero-order valence-corrected chi connectivity index (χ0v) is 22.2. The van der Waals surface area contributed by atoms with Crippen LogP contribution in [-0.4, -0.2) is 4.98 Å². The van der Waals surface area contributed by atoms with Gasteiger partial charge in [-0.05, 0) is 85.1 Å². The summed E-state index contributed by atoms with van der Waals surface area (Å²) in [4.78, 5) is 4.83. The molecule has 0 bridgehead atoms. The Morgan fingerprint density at radius 2 is 1.36 bits per heavy atom. The monoisotopic (exact) mass is 501 g/mol. The lowest BCUT2D eigenvalue weighted by atomic mass is 9.82. The van der Waals surface area contributed by atoms with Gasteiger partial charge in [-0.15, -0.1) is 0 Å². The molecule has 1 aliphatic rings. The van der Waals surface area contributed by atoms with E-state index in [-0.39, 0.29) is 5.41 Å². The smallest absolute Gasteiger partial charge is 0.161 e. The van der Waals surface area contributed by atoms with E-state index in [2.05, 4.69) is 118 Å². The highest BCUT2D eigenvalue weighted by atomic mass is 16.3. The molecule has 0 amide bonds. The Hall–Kier alpha value is -4.69. The molecule has 0 aliphatic heterocycles. The van der Waals surface area contributed by atoms with Gasteiger partial charge in [0.05, 0.1) is 0 Å². The molecule has 8 rings (SSSR count). The molecule has 39 heavy (non-hydrogen) atoms. The molecule has 0 N–H and O–H groups in total. The van der Waals surface area contributed by atoms with E-state index in [4.69, 9.17) is 9.40 Å². The van der Waals surface area contributed by atoms with Crippen LogP contribution in [0.1, 0.15) is 26.3 Å². The lowest BCUT2D eigenvalue weighted by molar-refractivity contribution is 0.596. The molecule has 7 aromatic rings. The third-order valence-electron chi connectivity index (χ3n) is 8.17. The molecule has 0 fully saturated rings. The van der Waals surface area contributed by atoms with Crippen LogP contribution >= 0.6 is 0 Å². The van der Waals surface area contributed by atoms with Gasteiger partial charge >= 0.3 is 0 Å². The summed E-state index contributed by atoms with van der Waals surface area (Å²) >= 11 is 0. The topological polar surface area (TPSA) is 26.0 Å². The van der Waals surface area contributed by atoms with Crippen molar-refractivity contribution < 1.29 is 4.42 Å². The molecule has 0 unspecified atom stereocenters. The predicted octanol–water partition coefficient (Wildman–Crippen LogP) is 10.4. The molecule has 5 aromatic carbocycles. The second kappa shape index (κ2) is 7.91. The fourth-order valence-electron chi connectivity index (χ4n) is 6.33. The first-order valence-corrected chi connectivity index (χ1v) is 13.5. The number of pyridine rings is 1. The fraction of sp³-hybridized carbons (Fsp3) is 0.108. The summed E-state index contributed by atoms with van der Waals surface area (Å²) in [6, 6.07) is 37.2. The van der Waals surface area contributed by atoms with E-state index >= 15 is 0 Å². The standard InChI is InChI=1S/C37H27NO/c1-37(2,3)32-20-26(18-23-8-4-5-11-27(23)32)35-36-25(16-17-38-35)21-33(39-36)24-14-15-28-29-12-6-9-22-10-7-13-30(34(22)29)31(28)19-24/h4-21H,1-3H3. The van der Waals surface area contributed by atoms with Crippen LogP contribution in [0.3, 0.4) is 0 Å². The highest BCUT2D eigenvalue weighted by molar-refractivity contribution is 6.15. The van der Waals surface area contributed by atoms with E-state index in [1.807, 2.05) is 12.3 Å². The minimum Gasteiger partial charge on any atom is -0.454 e. The second-order valence-corrected chi connectivity index (χ2v) is 11.7. The fourth-order valence-corrected chi connectivity index (χ4v) is 6.33. The van der Waals surface area contributed by atoms with Crippen LogP contribution in [0.4, 0.5) is 0 Å². The van der Waals surface area contributed by atoms with Gasteiger partial charge in [0.15, 0.2) is 5.58 Å². The Morgan fingerprint density at radius 3 is 2.18 bits per heavy atom. The van der Waals surface area contributed by atoms with E-state index in [0.717, 1.165) is 33.6 Å². The highest BCUT2D eigenvalue weighted by Crippen LogP contribution is 2.48. The van der Waals surface area contributed by atoms with Crippen molar-refractivity contribution in [2.75, 3.05) is 0 Å². The van der Waals surface area contributed by atoms with Crippen molar-refractivity contribution >= 4 is 32.5 Å². The molecular formula is C37H27NO. The van der Waals surface area contributed by atoms with Gasteiger partial charge in [0.2, 0.25) is 0 Å². The molecule has 0 atom stereocenters. The van der Waals surface area contributed by atoms with E-state index in [1.54, 1.807) is 0 Å². The Kier molecular flexibility index (Phi) is 4.52. The summed E-state index contributed by atoms with van der Waals surface area (Å²) in [5.41, 5.74) is 10.3. The summed E-state index contributed by atoms with van der Waals surface area (Å²) in [5.74, 6) is 0.863. The maximum Gasteiger partial charge on any atom is 0.161 e. The zero-order valence-electron chi connectivity index (χ0n) is 22.2. The Balaban J connectivity index is 1.29. The lowest BCUT2D eigenvalue weighted by Crippen LogP contribution is -2.12. The third-order valence-corrected chi connectivity index (χ3v) is 8.17. The normalized spacial score (nSPS) is 12.5. The van der Waals surface area contributed by atoms with E-state index in [9.17, 15) is 0 Å². The van der Waals surface area contributed by atoms with Crippen molar-refractivity contribution in [3.8, 4) is 44.8 Å². The predicted molar refractivity (Wildman–Crippen MR) is 163 cm³/mol. The van der Waals surface area contributed by atoms with Crippen molar-refractivity contribution in [3.05, 3.63) is 115 Å². The molecule has 2 heterocycles. The summed E-state index contributed by atoms with van der Waals surface area (Å²) in [5, 5.41) is 6.20. The van der Waals surface area contributed by atoms with Crippen molar-refractivity contribution in [2.24, 2.45) is 0 Å². The van der Waals surface area contributed by atoms with Crippen LogP contribution in [0.25, 0.3) is 77.3 Å². The summed E-state index contributed by atoms with van der Waals surface area (Å²) in [6.07, 6.45) is 1.89. The van der Waals surface area contributed by atoms with Gasteiger partial charge in [-0.2, -0.15) is 0 Å². The maximum atomic E-state index is 6.62. The Labute approximate surface area is 227 Å². The minimum atomic E-state index is 0.00266. The number of hydrogen-bond donors (Lipinski definition) is 0. The van der Waals surface area contributed by atoms with Gasteiger partial charge in [-0.25, -0.2) is 0 Å². The van der Waals surface area contributed by atoms with Gasteiger partial charge in [0.25, 0.3) is 0 Å². The van der Waals surface area contributed by atoms with Crippen molar-refractivity contribution in [3.63, 3.8) is 0 Å². The first kappa shape index (κ1) is 22.3. The van der Waals surface area contributed by atoms with Gasteiger partial charge in [0, 0.05) is 22.7 Å². The highest BCUT2D eigenvalue weighted by Gasteiger charge is 2.23. The van der Waals surface area contributed by atoms with Crippen molar-refractivity contribution in [1.82, 2.24) is 4.98 Å². The molecule has 0 radical (unpaired) electrons. The zero-order chi connectivity index (χ0) is 26.3. The largest absolute Gasteiger partial charge is 0.454 e. The molecule has 2 aromatic heterocycles. The van der Waals surface area contributed by atoms with E-state index in [0.29, 0.717) is 0 Å².